The average Bonchev–Trinajstić information content (AvgIpc) is 2.18. The van der Waals surface area contributed by atoms with Crippen LogP contribution in [0.15, 0.2) is 11.6 Å². The van der Waals surface area contributed by atoms with Gasteiger partial charge in [0.2, 0.25) is 0 Å². The summed E-state index contributed by atoms with van der Waals surface area (Å²) in [5.41, 5.74) is -0.0417. The Balaban J connectivity index is 2.83. The van der Waals surface area contributed by atoms with E-state index in [0.29, 0.717) is 5.57 Å². The van der Waals surface area contributed by atoms with E-state index in [4.69, 9.17) is 4.74 Å². The summed E-state index contributed by atoms with van der Waals surface area (Å²) in [5.74, 6) is -0.124. The lowest BCUT2D eigenvalue weighted by atomic mass is 10.0. The minimum Gasteiger partial charge on any atom is -0.444 e. The van der Waals surface area contributed by atoms with E-state index >= 15 is 0 Å². The van der Waals surface area contributed by atoms with Gasteiger partial charge in [0.15, 0.2) is 5.78 Å². The molecule has 1 amide bonds. The van der Waals surface area contributed by atoms with Gasteiger partial charge in [-0.15, -0.1) is 0 Å². The molecule has 0 aromatic heterocycles. The van der Waals surface area contributed by atoms with Crippen molar-refractivity contribution in [3.63, 3.8) is 0 Å². The Labute approximate surface area is 101 Å². The monoisotopic (exact) mass is 241 g/mol. The first-order chi connectivity index (χ1) is 7.74. The van der Waals surface area contributed by atoms with Gasteiger partial charge in [0.25, 0.3) is 0 Å². The average molecular weight is 241 g/mol. The summed E-state index contributed by atoms with van der Waals surface area (Å²) in [4.78, 5) is 24.6. The number of aliphatic hydroxyl groups excluding tert-OH is 1. The number of nitrogens with zero attached hydrogens (tertiary/aromatic N) is 1. The molecule has 5 heteroatoms. The zero-order valence-electron chi connectivity index (χ0n) is 10.7. The molecule has 1 atom stereocenters. The molecule has 0 unspecified atom stereocenters. The molecule has 0 saturated carbocycles. The predicted molar refractivity (Wildman–Crippen MR) is 62.6 cm³/mol. The molecule has 1 aliphatic rings. The molecule has 0 aliphatic carbocycles. The number of aliphatic hydroxyl groups is 1. The number of hydrogen-bond acceptors (Lipinski definition) is 4. The van der Waals surface area contributed by atoms with Crippen molar-refractivity contribution in [1.82, 2.24) is 4.90 Å². The van der Waals surface area contributed by atoms with Crippen molar-refractivity contribution in [2.24, 2.45) is 0 Å². The maximum atomic E-state index is 11.8. The van der Waals surface area contributed by atoms with Crippen molar-refractivity contribution in [2.45, 2.75) is 39.3 Å². The summed E-state index contributed by atoms with van der Waals surface area (Å²) in [7, 11) is 0. The second-order valence-electron chi connectivity index (χ2n) is 5.13. The van der Waals surface area contributed by atoms with Crippen LogP contribution in [0.2, 0.25) is 0 Å². The fraction of sp³-hybridized carbons (Fsp3) is 0.667. The van der Waals surface area contributed by atoms with Crippen molar-refractivity contribution in [2.75, 3.05) is 13.2 Å². The summed E-state index contributed by atoms with van der Waals surface area (Å²) in [6.45, 7) is 6.69. The summed E-state index contributed by atoms with van der Waals surface area (Å²) in [6.07, 6.45) is 1.02. The van der Waals surface area contributed by atoms with Gasteiger partial charge in [-0.3, -0.25) is 9.69 Å². The maximum absolute atomic E-state index is 11.8. The first-order valence-corrected chi connectivity index (χ1v) is 5.56. The number of carbonyl (C=O) groups excluding carboxylic acids is 2. The maximum Gasteiger partial charge on any atom is 0.411 e. The third-order valence-electron chi connectivity index (χ3n) is 2.41. The van der Waals surface area contributed by atoms with Crippen LogP contribution in [-0.2, 0) is 9.53 Å². The third kappa shape index (κ3) is 3.56. The second kappa shape index (κ2) is 4.87. The lowest BCUT2D eigenvalue weighted by Gasteiger charge is -2.33. The minimum absolute atomic E-state index is 0.0392. The van der Waals surface area contributed by atoms with Gasteiger partial charge in [-0.2, -0.15) is 0 Å². The molecular weight excluding hydrogens is 222 g/mol. The largest absolute Gasteiger partial charge is 0.444 e. The molecule has 1 N–H and O–H groups in total. The molecule has 0 fully saturated rings. The van der Waals surface area contributed by atoms with E-state index in [9.17, 15) is 14.7 Å². The summed E-state index contributed by atoms with van der Waals surface area (Å²) < 4.78 is 5.19. The van der Waals surface area contributed by atoms with Crippen LogP contribution >= 0.6 is 0 Å². The number of ketones is 1. The van der Waals surface area contributed by atoms with Crippen LogP contribution in [0.3, 0.4) is 0 Å². The standard InChI is InChI=1S/C12H19NO4/c1-8-5-9(7-14)13(6-10(8)15)11(16)17-12(2,3)4/h5,9,14H,6-7H2,1-4H3/t9-/m0/s1. The molecule has 0 radical (unpaired) electrons. The first-order valence-electron chi connectivity index (χ1n) is 5.56. The van der Waals surface area contributed by atoms with Crippen LogP contribution in [0, 0.1) is 0 Å². The SMILES string of the molecule is CC1=C[C@@H](CO)N(C(=O)OC(C)(C)C)CC1=O. The smallest absolute Gasteiger partial charge is 0.411 e. The van der Waals surface area contributed by atoms with E-state index in [0.717, 1.165) is 0 Å². The molecule has 0 spiro atoms. The molecule has 5 nitrogen and oxygen atoms in total. The number of Topliss-reactive ketones (excluding diaryl/α,β-unsaturated/α-hetero) is 1. The number of rotatable bonds is 1. The first kappa shape index (κ1) is 13.7. The van der Waals surface area contributed by atoms with E-state index in [1.165, 1.54) is 4.90 Å². The lowest BCUT2D eigenvalue weighted by molar-refractivity contribution is -0.118. The van der Waals surface area contributed by atoms with Crippen LogP contribution in [0.1, 0.15) is 27.7 Å². The zero-order chi connectivity index (χ0) is 13.2. The van der Waals surface area contributed by atoms with Gasteiger partial charge in [-0.1, -0.05) is 6.08 Å². The molecule has 0 bridgehead atoms. The van der Waals surface area contributed by atoms with E-state index in [1.54, 1.807) is 33.8 Å². The molecule has 1 rings (SSSR count). The van der Waals surface area contributed by atoms with Gasteiger partial charge in [-0.05, 0) is 33.3 Å². The van der Waals surface area contributed by atoms with Gasteiger partial charge in [0.1, 0.15) is 5.60 Å². The normalized spacial score (nSPS) is 21.2. The zero-order valence-corrected chi connectivity index (χ0v) is 10.7. The third-order valence-corrected chi connectivity index (χ3v) is 2.41. The van der Waals surface area contributed by atoms with Crippen molar-refractivity contribution < 1.29 is 19.4 Å². The summed E-state index contributed by atoms with van der Waals surface area (Å²) >= 11 is 0. The van der Waals surface area contributed by atoms with Gasteiger partial charge in [0.05, 0.1) is 19.2 Å². The quantitative estimate of drug-likeness (QED) is 0.747. The summed E-state index contributed by atoms with van der Waals surface area (Å²) in [6, 6.07) is -0.484. The van der Waals surface area contributed by atoms with E-state index in [1.807, 2.05) is 0 Å². The Hall–Kier alpha value is -1.36. The topological polar surface area (TPSA) is 66.8 Å². The molecule has 17 heavy (non-hydrogen) atoms. The van der Waals surface area contributed by atoms with Crippen LogP contribution in [0.4, 0.5) is 4.79 Å². The van der Waals surface area contributed by atoms with Crippen LogP contribution in [-0.4, -0.2) is 46.7 Å². The molecule has 96 valence electrons. The Kier molecular flexibility index (Phi) is 3.93. The van der Waals surface area contributed by atoms with Crippen molar-refractivity contribution >= 4 is 11.9 Å². The highest BCUT2D eigenvalue weighted by Gasteiger charge is 2.32. The minimum atomic E-state index is -0.615. The number of ether oxygens (including phenoxy) is 1. The predicted octanol–water partition coefficient (Wildman–Crippen LogP) is 1.11. The molecule has 0 saturated heterocycles. The molecule has 0 aromatic carbocycles. The fourth-order valence-electron chi connectivity index (χ4n) is 1.54. The molecule has 1 aliphatic heterocycles. The van der Waals surface area contributed by atoms with Gasteiger partial charge >= 0.3 is 6.09 Å². The van der Waals surface area contributed by atoms with Crippen LogP contribution in [0.25, 0.3) is 0 Å². The van der Waals surface area contributed by atoms with Crippen molar-refractivity contribution in [3.8, 4) is 0 Å². The molecule has 1 heterocycles. The number of amides is 1. The highest BCUT2D eigenvalue weighted by molar-refractivity contribution is 5.99. The second-order valence-corrected chi connectivity index (χ2v) is 5.13. The lowest BCUT2D eigenvalue weighted by Crippen LogP contribution is -2.49. The van der Waals surface area contributed by atoms with E-state index in [2.05, 4.69) is 0 Å². The van der Waals surface area contributed by atoms with E-state index < -0.39 is 17.7 Å². The van der Waals surface area contributed by atoms with Gasteiger partial charge in [-0.25, -0.2) is 4.79 Å². The number of hydrogen-bond donors (Lipinski definition) is 1. The van der Waals surface area contributed by atoms with E-state index in [-0.39, 0.29) is 18.9 Å². The Morgan fingerprint density at radius 3 is 2.65 bits per heavy atom. The van der Waals surface area contributed by atoms with Crippen molar-refractivity contribution in [1.29, 1.82) is 0 Å². The highest BCUT2D eigenvalue weighted by atomic mass is 16.6. The summed E-state index contributed by atoms with van der Waals surface area (Å²) in [5, 5.41) is 9.21. The number of carbonyl (C=O) groups is 2. The molecule has 0 aromatic rings. The van der Waals surface area contributed by atoms with Crippen LogP contribution in [0.5, 0.6) is 0 Å². The fourth-order valence-corrected chi connectivity index (χ4v) is 1.54. The Bertz CT molecular complexity index is 354. The van der Waals surface area contributed by atoms with Gasteiger partial charge < -0.3 is 9.84 Å². The van der Waals surface area contributed by atoms with Gasteiger partial charge in [0, 0.05) is 0 Å². The Morgan fingerprint density at radius 2 is 2.18 bits per heavy atom. The van der Waals surface area contributed by atoms with Crippen molar-refractivity contribution in [3.05, 3.63) is 11.6 Å². The highest BCUT2D eigenvalue weighted by Crippen LogP contribution is 2.17. The Morgan fingerprint density at radius 1 is 1.59 bits per heavy atom. The van der Waals surface area contributed by atoms with Crippen LogP contribution < -0.4 is 0 Å². The molecular formula is C12H19NO4.